The van der Waals surface area contributed by atoms with E-state index in [0.29, 0.717) is 22.8 Å². The minimum absolute atomic E-state index is 0.299. The molecular weight excluding hydrogens is 304 g/mol. The van der Waals surface area contributed by atoms with Crippen molar-refractivity contribution in [3.8, 4) is 0 Å². The number of aromatic nitrogens is 4. The van der Waals surface area contributed by atoms with Crippen LogP contribution in [0.3, 0.4) is 0 Å². The van der Waals surface area contributed by atoms with Crippen molar-refractivity contribution >= 4 is 23.0 Å². The van der Waals surface area contributed by atoms with Crippen LogP contribution >= 0.6 is 0 Å². The van der Waals surface area contributed by atoms with Crippen LogP contribution in [0.1, 0.15) is 21.9 Å². The Bertz CT molecular complexity index is 866. The first-order chi connectivity index (χ1) is 11.6. The first kappa shape index (κ1) is 15.5. The molecule has 0 spiro atoms. The van der Waals surface area contributed by atoms with Crippen LogP contribution in [0.15, 0.2) is 49.2 Å². The van der Waals surface area contributed by atoms with E-state index in [4.69, 9.17) is 0 Å². The molecule has 0 unspecified atom stereocenters. The summed E-state index contributed by atoms with van der Waals surface area (Å²) in [5, 5.41) is 5.96. The number of pyridine rings is 2. The topological polar surface area (TPSA) is 92.7 Å². The minimum atomic E-state index is -0.302. The molecule has 0 fully saturated rings. The van der Waals surface area contributed by atoms with Gasteiger partial charge in [0, 0.05) is 23.3 Å². The maximum Gasteiger partial charge on any atom is 0.276 e. The zero-order chi connectivity index (χ0) is 16.9. The average Bonchev–Trinajstić information content (AvgIpc) is 2.57. The molecule has 3 rings (SSSR count). The van der Waals surface area contributed by atoms with Crippen molar-refractivity contribution in [2.45, 2.75) is 13.8 Å². The molecule has 2 N–H and O–H groups in total. The predicted octanol–water partition coefficient (Wildman–Crippen LogP) is 2.88. The van der Waals surface area contributed by atoms with E-state index in [0.717, 1.165) is 11.4 Å². The van der Waals surface area contributed by atoms with E-state index in [1.807, 2.05) is 26.0 Å². The smallest absolute Gasteiger partial charge is 0.276 e. The van der Waals surface area contributed by atoms with Crippen LogP contribution in [0.5, 0.6) is 0 Å². The molecule has 3 aromatic heterocycles. The van der Waals surface area contributed by atoms with Crippen LogP contribution in [-0.4, -0.2) is 25.8 Å². The molecule has 120 valence electrons. The molecule has 0 saturated carbocycles. The standard InChI is InChI=1S/C17H16N6O/c1-11-3-4-15(22-14-8-18-10-19-9-14)16(21-11)17(24)23-13-5-6-20-12(2)7-13/h3-10,22H,1-2H3,(H,20,23,24). The van der Waals surface area contributed by atoms with Gasteiger partial charge in [-0.2, -0.15) is 0 Å². The van der Waals surface area contributed by atoms with E-state index in [-0.39, 0.29) is 5.91 Å². The minimum Gasteiger partial charge on any atom is -0.351 e. The average molecular weight is 320 g/mol. The van der Waals surface area contributed by atoms with Crippen molar-refractivity contribution in [3.63, 3.8) is 0 Å². The lowest BCUT2D eigenvalue weighted by Gasteiger charge is -2.12. The normalized spacial score (nSPS) is 10.2. The molecule has 0 aliphatic rings. The Balaban J connectivity index is 1.88. The van der Waals surface area contributed by atoms with Crippen LogP contribution < -0.4 is 10.6 Å². The summed E-state index contributed by atoms with van der Waals surface area (Å²) in [4.78, 5) is 29.0. The quantitative estimate of drug-likeness (QED) is 0.768. The summed E-state index contributed by atoms with van der Waals surface area (Å²) in [7, 11) is 0. The van der Waals surface area contributed by atoms with Crippen LogP contribution in [0, 0.1) is 13.8 Å². The Morgan fingerprint density at radius 3 is 2.54 bits per heavy atom. The number of nitrogens with zero attached hydrogens (tertiary/aromatic N) is 4. The second-order valence-electron chi connectivity index (χ2n) is 5.24. The maximum atomic E-state index is 12.6. The number of carbonyl (C=O) groups excluding carboxylic acids is 1. The molecule has 0 bridgehead atoms. The zero-order valence-electron chi connectivity index (χ0n) is 13.3. The Kier molecular flexibility index (Phi) is 4.42. The Morgan fingerprint density at radius 2 is 1.79 bits per heavy atom. The van der Waals surface area contributed by atoms with Crippen molar-refractivity contribution in [1.82, 2.24) is 19.9 Å². The fourth-order valence-electron chi connectivity index (χ4n) is 2.16. The Labute approximate surface area is 139 Å². The molecule has 3 aromatic rings. The lowest BCUT2D eigenvalue weighted by Crippen LogP contribution is -2.16. The molecule has 0 saturated heterocycles. The van der Waals surface area contributed by atoms with Crippen molar-refractivity contribution in [3.05, 3.63) is 66.3 Å². The number of hydrogen-bond acceptors (Lipinski definition) is 6. The van der Waals surface area contributed by atoms with E-state index in [1.165, 1.54) is 6.33 Å². The first-order valence-corrected chi connectivity index (χ1v) is 7.35. The van der Waals surface area contributed by atoms with Crippen molar-refractivity contribution in [2.75, 3.05) is 10.6 Å². The fourth-order valence-corrected chi connectivity index (χ4v) is 2.16. The van der Waals surface area contributed by atoms with Crippen molar-refractivity contribution < 1.29 is 4.79 Å². The third-order valence-electron chi connectivity index (χ3n) is 3.24. The molecule has 0 aromatic carbocycles. The number of hydrogen-bond donors (Lipinski definition) is 2. The van der Waals surface area contributed by atoms with Gasteiger partial charge in [0.25, 0.3) is 5.91 Å². The Hall–Kier alpha value is -3.35. The van der Waals surface area contributed by atoms with E-state index in [2.05, 4.69) is 30.6 Å². The number of nitrogens with one attached hydrogen (secondary N) is 2. The molecule has 3 heterocycles. The molecule has 0 aliphatic heterocycles. The molecule has 24 heavy (non-hydrogen) atoms. The summed E-state index contributed by atoms with van der Waals surface area (Å²) >= 11 is 0. The van der Waals surface area contributed by atoms with E-state index < -0.39 is 0 Å². The third-order valence-corrected chi connectivity index (χ3v) is 3.24. The van der Waals surface area contributed by atoms with Gasteiger partial charge in [-0.1, -0.05) is 0 Å². The van der Waals surface area contributed by atoms with Gasteiger partial charge in [-0.15, -0.1) is 0 Å². The fraction of sp³-hybridized carbons (Fsp3) is 0.118. The summed E-state index contributed by atoms with van der Waals surface area (Å²) in [5.74, 6) is -0.302. The highest BCUT2D eigenvalue weighted by molar-refractivity contribution is 6.06. The summed E-state index contributed by atoms with van der Waals surface area (Å²) in [6.45, 7) is 3.70. The summed E-state index contributed by atoms with van der Waals surface area (Å²) < 4.78 is 0. The van der Waals surface area contributed by atoms with Gasteiger partial charge in [0.05, 0.1) is 23.8 Å². The van der Waals surface area contributed by atoms with Gasteiger partial charge in [0.2, 0.25) is 0 Å². The van der Waals surface area contributed by atoms with Crippen LogP contribution in [0.2, 0.25) is 0 Å². The number of carbonyl (C=O) groups is 1. The van der Waals surface area contributed by atoms with Gasteiger partial charge in [0.15, 0.2) is 5.69 Å². The SMILES string of the molecule is Cc1cc(NC(=O)c2nc(C)ccc2Nc2cncnc2)ccn1. The highest BCUT2D eigenvalue weighted by Crippen LogP contribution is 2.20. The van der Waals surface area contributed by atoms with E-state index in [1.54, 1.807) is 30.7 Å². The number of anilines is 3. The second-order valence-corrected chi connectivity index (χ2v) is 5.24. The van der Waals surface area contributed by atoms with E-state index >= 15 is 0 Å². The van der Waals surface area contributed by atoms with Crippen molar-refractivity contribution in [1.29, 1.82) is 0 Å². The Morgan fingerprint density at radius 1 is 1.00 bits per heavy atom. The van der Waals surface area contributed by atoms with Gasteiger partial charge in [0.1, 0.15) is 6.33 Å². The largest absolute Gasteiger partial charge is 0.351 e. The summed E-state index contributed by atoms with van der Waals surface area (Å²) in [6.07, 6.45) is 6.34. The molecule has 0 aliphatic carbocycles. The summed E-state index contributed by atoms with van der Waals surface area (Å²) in [5.41, 5.74) is 3.81. The second kappa shape index (κ2) is 6.82. The zero-order valence-corrected chi connectivity index (χ0v) is 13.3. The monoisotopic (exact) mass is 320 g/mol. The first-order valence-electron chi connectivity index (χ1n) is 7.35. The van der Waals surface area contributed by atoms with Crippen LogP contribution in [0.25, 0.3) is 0 Å². The maximum absolute atomic E-state index is 12.6. The lowest BCUT2D eigenvalue weighted by molar-refractivity contribution is 0.102. The number of rotatable bonds is 4. The van der Waals surface area contributed by atoms with Gasteiger partial charge < -0.3 is 10.6 Å². The van der Waals surface area contributed by atoms with Crippen molar-refractivity contribution in [2.24, 2.45) is 0 Å². The molecule has 0 atom stereocenters. The number of amides is 1. The van der Waals surface area contributed by atoms with Gasteiger partial charge in [-0.3, -0.25) is 9.78 Å². The molecule has 0 radical (unpaired) electrons. The van der Waals surface area contributed by atoms with Gasteiger partial charge in [-0.25, -0.2) is 15.0 Å². The van der Waals surface area contributed by atoms with Gasteiger partial charge in [-0.05, 0) is 38.1 Å². The van der Waals surface area contributed by atoms with Gasteiger partial charge >= 0.3 is 0 Å². The molecule has 1 amide bonds. The predicted molar refractivity (Wildman–Crippen MR) is 91.2 cm³/mol. The van der Waals surface area contributed by atoms with Crippen LogP contribution in [-0.2, 0) is 0 Å². The lowest BCUT2D eigenvalue weighted by atomic mass is 10.2. The molecule has 7 heteroatoms. The molecule has 7 nitrogen and oxygen atoms in total. The highest BCUT2D eigenvalue weighted by atomic mass is 16.1. The molecular formula is C17H16N6O. The summed E-state index contributed by atoms with van der Waals surface area (Å²) in [6, 6.07) is 7.17. The van der Waals surface area contributed by atoms with E-state index in [9.17, 15) is 4.79 Å². The highest BCUT2D eigenvalue weighted by Gasteiger charge is 2.14. The third kappa shape index (κ3) is 3.70. The number of aryl methyl sites for hydroxylation is 2. The van der Waals surface area contributed by atoms with Crippen LogP contribution in [0.4, 0.5) is 17.1 Å².